The van der Waals surface area contributed by atoms with Gasteiger partial charge in [0.1, 0.15) is 0 Å². The zero-order chi connectivity index (χ0) is 68.6. The van der Waals surface area contributed by atoms with Gasteiger partial charge in [0, 0.05) is 42.7 Å². The van der Waals surface area contributed by atoms with Crippen LogP contribution in [0.5, 0.6) is 0 Å². The standard InChI is InChI=1S/C50H33N.C26H17Br.C24H17N/c1-3-13-34(14-4-1)35-23-25-36(26-24-35)39-29-32-48-46(33-39)41-17-11-12-22-47(41)51(48)40-30-27-38(28-31-40)50-44-20-9-7-18-42(44)49(37-15-5-2-6-16-37)43-19-8-10-21-45(43)50;27-20-16-14-19(15-17-20)26-23-12-6-4-10-21(23)25(18-8-2-1-3-9-18)22-11-5-7-13-24(22)26;1-2-6-17(7-3-1)18-10-12-19(13-11-18)20-14-15-24-22(16-20)21-8-4-5-9-23(21)25-24/h1-33H;1-17H;1-16,25H. The number of fused-ring (bicyclic) bond motifs is 10. The Balaban J connectivity index is 0.000000122. The molecule has 0 amide bonds. The van der Waals surface area contributed by atoms with Gasteiger partial charge in [-0.05, 0) is 193 Å². The third kappa shape index (κ3) is 11.8. The predicted molar refractivity (Wildman–Crippen MR) is 444 cm³/mol. The second kappa shape index (κ2) is 27.3. The van der Waals surface area contributed by atoms with Crippen molar-refractivity contribution in [2.24, 2.45) is 0 Å². The lowest BCUT2D eigenvalue weighted by atomic mass is 9.86. The number of halogens is 1. The largest absolute Gasteiger partial charge is 0.355 e. The molecule has 2 heterocycles. The van der Waals surface area contributed by atoms with Crippen LogP contribution in [0.2, 0.25) is 0 Å². The molecule has 0 atom stereocenters. The average molecular weight is 1380 g/mol. The minimum absolute atomic E-state index is 1.10. The number of nitrogens with zero attached hydrogens (tertiary/aromatic N) is 1. The molecule has 103 heavy (non-hydrogen) atoms. The maximum absolute atomic E-state index is 3.56. The molecule has 0 aliphatic carbocycles. The molecule has 2 aromatic heterocycles. The van der Waals surface area contributed by atoms with Gasteiger partial charge in [-0.2, -0.15) is 0 Å². The van der Waals surface area contributed by atoms with Gasteiger partial charge in [-0.3, -0.25) is 0 Å². The van der Waals surface area contributed by atoms with Crippen molar-refractivity contribution < 1.29 is 0 Å². The molecule has 0 spiro atoms. The summed E-state index contributed by atoms with van der Waals surface area (Å²) in [4.78, 5) is 3.49. The Labute approximate surface area is 607 Å². The van der Waals surface area contributed by atoms with E-state index in [1.807, 2.05) is 6.07 Å². The van der Waals surface area contributed by atoms with E-state index in [0.29, 0.717) is 0 Å². The monoisotopic (exact) mass is 1370 g/mol. The molecular formula is C100H67BrN2. The molecule has 0 aliphatic heterocycles. The summed E-state index contributed by atoms with van der Waals surface area (Å²) in [6.07, 6.45) is 0. The molecule has 20 rings (SSSR count). The van der Waals surface area contributed by atoms with E-state index in [1.54, 1.807) is 0 Å². The molecule has 0 saturated heterocycles. The highest BCUT2D eigenvalue weighted by atomic mass is 79.9. The van der Waals surface area contributed by atoms with Crippen LogP contribution in [-0.2, 0) is 0 Å². The highest BCUT2D eigenvalue weighted by Gasteiger charge is 2.20. The average Bonchev–Trinajstić information content (AvgIpc) is 1.72. The molecule has 1 N–H and O–H groups in total. The fraction of sp³-hybridized carbons (Fsp3) is 0. The summed E-state index contributed by atoms with van der Waals surface area (Å²) in [6, 6.07) is 144. The van der Waals surface area contributed by atoms with E-state index >= 15 is 0 Å². The van der Waals surface area contributed by atoms with Crippen LogP contribution in [0.4, 0.5) is 0 Å². The molecule has 20 aromatic rings. The Hall–Kier alpha value is -12.9. The van der Waals surface area contributed by atoms with Crippen LogP contribution in [0.15, 0.2) is 405 Å². The Morgan fingerprint density at radius 1 is 0.175 bits per heavy atom. The summed E-state index contributed by atoms with van der Waals surface area (Å²) < 4.78 is 3.51. The molecule has 3 heteroatoms. The Morgan fingerprint density at radius 3 is 0.854 bits per heavy atom. The molecule has 0 radical (unpaired) electrons. The summed E-state index contributed by atoms with van der Waals surface area (Å²) >= 11 is 3.56. The second-order valence-corrected chi connectivity index (χ2v) is 27.3. The smallest absolute Gasteiger partial charge is 0.0541 e. The van der Waals surface area contributed by atoms with Crippen molar-refractivity contribution in [2.75, 3.05) is 0 Å². The number of nitrogens with one attached hydrogen (secondary N) is 1. The van der Waals surface area contributed by atoms with Crippen LogP contribution < -0.4 is 0 Å². The lowest BCUT2D eigenvalue weighted by Gasteiger charge is -2.18. The number of rotatable bonds is 9. The fourth-order valence-corrected chi connectivity index (χ4v) is 15.8. The van der Waals surface area contributed by atoms with Crippen molar-refractivity contribution in [2.45, 2.75) is 0 Å². The van der Waals surface area contributed by atoms with E-state index in [2.05, 4.69) is 420 Å². The van der Waals surface area contributed by atoms with E-state index in [4.69, 9.17) is 0 Å². The summed E-state index contributed by atoms with van der Waals surface area (Å²) in [5.74, 6) is 0. The van der Waals surface area contributed by atoms with Gasteiger partial charge in [-0.25, -0.2) is 0 Å². The summed E-state index contributed by atoms with van der Waals surface area (Å²) in [6.45, 7) is 0. The normalized spacial score (nSPS) is 11.3. The molecule has 0 bridgehead atoms. The van der Waals surface area contributed by atoms with Gasteiger partial charge in [0.25, 0.3) is 0 Å². The number of aromatic amines is 1. The third-order valence-electron chi connectivity index (χ3n) is 20.4. The van der Waals surface area contributed by atoms with Crippen molar-refractivity contribution in [3.05, 3.63) is 405 Å². The summed E-state index contributed by atoms with van der Waals surface area (Å²) in [5.41, 5.74) is 26.0. The Bertz CT molecular complexity index is 6360. The maximum Gasteiger partial charge on any atom is 0.0541 e. The first-order valence-corrected chi connectivity index (χ1v) is 36.0. The van der Waals surface area contributed by atoms with Gasteiger partial charge < -0.3 is 9.55 Å². The van der Waals surface area contributed by atoms with Crippen molar-refractivity contribution in [1.29, 1.82) is 0 Å². The third-order valence-corrected chi connectivity index (χ3v) is 20.9. The van der Waals surface area contributed by atoms with Gasteiger partial charge in [-0.15, -0.1) is 0 Å². The Kier molecular flexibility index (Phi) is 16.5. The zero-order valence-electron chi connectivity index (χ0n) is 56.4. The van der Waals surface area contributed by atoms with Crippen molar-refractivity contribution in [1.82, 2.24) is 9.55 Å². The molecule has 2 nitrogen and oxygen atoms in total. The molecule has 0 unspecified atom stereocenters. The lowest BCUT2D eigenvalue weighted by molar-refractivity contribution is 1.18. The summed E-state index contributed by atoms with van der Waals surface area (Å²) in [5, 5.41) is 15.3. The van der Waals surface area contributed by atoms with Gasteiger partial charge >= 0.3 is 0 Å². The zero-order valence-corrected chi connectivity index (χ0v) is 58.0. The predicted octanol–water partition coefficient (Wildman–Crippen LogP) is 28.5. The lowest BCUT2D eigenvalue weighted by Crippen LogP contribution is -1.94. The number of para-hydroxylation sites is 2. The molecule has 0 saturated carbocycles. The maximum atomic E-state index is 3.56. The highest BCUT2D eigenvalue weighted by molar-refractivity contribution is 9.10. The minimum Gasteiger partial charge on any atom is -0.355 e. The van der Waals surface area contributed by atoms with E-state index in [0.717, 1.165) is 10.2 Å². The number of hydrogen-bond acceptors (Lipinski definition) is 0. The van der Waals surface area contributed by atoms with E-state index in [9.17, 15) is 0 Å². The molecule has 0 aliphatic rings. The van der Waals surface area contributed by atoms with Crippen LogP contribution in [0.3, 0.4) is 0 Å². The van der Waals surface area contributed by atoms with Crippen LogP contribution >= 0.6 is 15.9 Å². The van der Waals surface area contributed by atoms with E-state index in [-0.39, 0.29) is 0 Å². The van der Waals surface area contributed by atoms with Crippen LogP contribution in [0, 0.1) is 0 Å². The van der Waals surface area contributed by atoms with Crippen LogP contribution in [-0.4, -0.2) is 9.55 Å². The van der Waals surface area contributed by atoms with Crippen molar-refractivity contribution >= 4 is 103 Å². The van der Waals surface area contributed by atoms with Crippen molar-refractivity contribution in [3.63, 3.8) is 0 Å². The van der Waals surface area contributed by atoms with Crippen LogP contribution in [0.1, 0.15) is 0 Å². The number of benzene rings is 18. The van der Waals surface area contributed by atoms with E-state index < -0.39 is 0 Å². The minimum atomic E-state index is 1.10. The van der Waals surface area contributed by atoms with Gasteiger partial charge in [0.05, 0.1) is 11.0 Å². The first kappa shape index (κ1) is 62.3. The van der Waals surface area contributed by atoms with Gasteiger partial charge in [-0.1, -0.05) is 356 Å². The molecular weight excluding hydrogens is 1310 g/mol. The number of H-pyrrole nitrogens is 1. The van der Waals surface area contributed by atoms with Gasteiger partial charge in [0.2, 0.25) is 0 Å². The highest BCUT2D eigenvalue weighted by Crippen LogP contribution is 2.47. The second-order valence-electron chi connectivity index (χ2n) is 26.4. The SMILES string of the molecule is Brc1ccc(-c2c3ccccc3c(-c3ccccc3)c3ccccc23)cc1.c1ccc(-c2ccc(-c3ccc4[nH]c5ccccc5c4c3)cc2)cc1.c1ccc(-c2ccc(-c3ccc4c(c3)c3ccccc3n4-c3ccc(-c4c5ccccc5c(-c5ccccc5)c5ccccc45)cc3)cc2)cc1. The first-order chi connectivity index (χ1) is 51.0. The van der Waals surface area contributed by atoms with Crippen LogP contribution in [0.25, 0.3) is 181 Å². The fourth-order valence-electron chi connectivity index (χ4n) is 15.5. The summed E-state index contributed by atoms with van der Waals surface area (Å²) in [7, 11) is 0. The molecule has 0 fully saturated rings. The number of aromatic nitrogens is 2. The van der Waals surface area contributed by atoms with Crippen molar-refractivity contribution in [3.8, 4) is 94.7 Å². The quantitative estimate of drug-likeness (QED) is 0.139. The molecule has 484 valence electrons. The van der Waals surface area contributed by atoms with Gasteiger partial charge in [0.15, 0.2) is 0 Å². The Morgan fingerprint density at radius 2 is 0.437 bits per heavy atom. The number of hydrogen-bond donors (Lipinski definition) is 1. The first-order valence-electron chi connectivity index (χ1n) is 35.2. The molecule has 18 aromatic carbocycles. The van der Waals surface area contributed by atoms with E-state index in [1.165, 1.54) is 176 Å². The topological polar surface area (TPSA) is 20.7 Å².